The first-order chi connectivity index (χ1) is 18.9. The van der Waals surface area contributed by atoms with E-state index >= 15 is 0 Å². The van der Waals surface area contributed by atoms with Gasteiger partial charge in [0.2, 0.25) is 0 Å². The third-order valence-electron chi connectivity index (χ3n) is 7.60. The molecule has 212 valence electrons. The Morgan fingerprint density at radius 1 is 1.15 bits per heavy atom. The highest BCUT2D eigenvalue weighted by Crippen LogP contribution is 2.38. The fraction of sp³-hybridized carbons (Fsp3) is 0.536. The number of anilines is 1. The van der Waals surface area contributed by atoms with E-state index in [4.69, 9.17) is 10.1 Å². The lowest BCUT2D eigenvalue weighted by atomic mass is 9.91. The number of amides is 2. The second kappa shape index (κ2) is 13.1. The molecule has 3 aliphatic rings. The molecule has 1 atom stereocenters. The molecule has 11 heteroatoms. The van der Waals surface area contributed by atoms with E-state index in [9.17, 15) is 19.0 Å². The molecule has 1 aromatic rings. The number of hydrogen-bond donors (Lipinski definition) is 5. The van der Waals surface area contributed by atoms with Crippen LogP contribution in [-0.4, -0.2) is 76.0 Å². The number of hydrogen-bond acceptors (Lipinski definition) is 6. The van der Waals surface area contributed by atoms with E-state index in [1.54, 1.807) is 36.2 Å². The summed E-state index contributed by atoms with van der Waals surface area (Å²) in [6.07, 6.45) is 4.70. The van der Waals surface area contributed by atoms with E-state index in [0.717, 1.165) is 49.8 Å². The van der Waals surface area contributed by atoms with Crippen LogP contribution < -0.4 is 20.9 Å². The molecule has 0 saturated carbocycles. The summed E-state index contributed by atoms with van der Waals surface area (Å²) < 4.78 is 34.2. The van der Waals surface area contributed by atoms with Crippen molar-refractivity contribution in [1.29, 1.82) is 10.8 Å². The lowest BCUT2D eigenvalue weighted by Gasteiger charge is -2.38. The summed E-state index contributed by atoms with van der Waals surface area (Å²) in [6.45, 7) is 2.73. The van der Waals surface area contributed by atoms with Gasteiger partial charge in [-0.3, -0.25) is 5.41 Å². The van der Waals surface area contributed by atoms with Crippen molar-refractivity contribution in [2.45, 2.75) is 51.0 Å². The summed E-state index contributed by atoms with van der Waals surface area (Å²) in [7, 11) is 3.26. The fourth-order valence-electron chi connectivity index (χ4n) is 5.59. The summed E-state index contributed by atoms with van der Waals surface area (Å²) in [5.41, 5.74) is 3.63. The number of benzene rings is 1. The minimum atomic E-state index is -2.74. The topological polar surface area (TPSA) is 117 Å². The van der Waals surface area contributed by atoms with Gasteiger partial charge in [-0.05, 0) is 55.4 Å². The number of urea groups is 1. The predicted molar refractivity (Wildman–Crippen MR) is 150 cm³/mol. The zero-order chi connectivity index (χ0) is 27.9. The molecule has 5 N–H and O–H groups in total. The molecular formula is C28H39F2N7O2. The number of nitrogens with zero attached hydrogens (tertiary/aromatic N) is 2. The van der Waals surface area contributed by atoms with Gasteiger partial charge in [-0.15, -0.1) is 0 Å². The maximum absolute atomic E-state index is 14.3. The molecule has 0 aliphatic carbocycles. The normalized spacial score (nSPS) is 20.3. The second-order valence-electron chi connectivity index (χ2n) is 10.1. The van der Waals surface area contributed by atoms with E-state index < -0.39 is 6.43 Å². The fourth-order valence-corrected chi connectivity index (χ4v) is 5.59. The molecular weight excluding hydrogens is 504 g/mol. The molecule has 4 rings (SSSR count). The number of ether oxygens (including phenoxy) is 1. The van der Waals surface area contributed by atoms with Gasteiger partial charge in [0.15, 0.2) is 0 Å². The van der Waals surface area contributed by atoms with Crippen LogP contribution in [0, 0.1) is 10.8 Å². The molecule has 3 aliphatic heterocycles. The average Bonchev–Trinajstić information content (AvgIpc) is 3.23. The van der Waals surface area contributed by atoms with E-state index in [2.05, 4.69) is 16.0 Å². The van der Waals surface area contributed by atoms with Crippen LogP contribution in [0.3, 0.4) is 0 Å². The largest absolute Gasteiger partial charge is 0.393 e. The van der Waals surface area contributed by atoms with Crippen LogP contribution in [-0.2, 0) is 11.2 Å². The van der Waals surface area contributed by atoms with Gasteiger partial charge in [-0.1, -0.05) is 0 Å². The smallest absolute Gasteiger partial charge is 0.317 e. The van der Waals surface area contributed by atoms with Crippen LogP contribution in [0.2, 0.25) is 0 Å². The summed E-state index contributed by atoms with van der Waals surface area (Å²) in [4.78, 5) is 16.0. The maximum Gasteiger partial charge on any atom is 0.317 e. The third kappa shape index (κ3) is 6.41. The quantitative estimate of drug-likeness (QED) is 0.263. The van der Waals surface area contributed by atoms with E-state index in [1.807, 2.05) is 0 Å². The van der Waals surface area contributed by atoms with Crippen molar-refractivity contribution in [3.8, 4) is 0 Å². The Hall–Kier alpha value is -3.47. The molecule has 3 heterocycles. The molecule has 0 bridgehead atoms. The Kier molecular flexibility index (Phi) is 9.55. The van der Waals surface area contributed by atoms with E-state index in [1.165, 1.54) is 6.07 Å². The lowest BCUT2D eigenvalue weighted by molar-refractivity contribution is 0.143. The molecule has 0 aromatic heterocycles. The number of amidine groups is 1. The number of halogens is 2. The summed E-state index contributed by atoms with van der Waals surface area (Å²) in [6, 6.07) is 3.23. The predicted octanol–water partition coefficient (Wildman–Crippen LogP) is 4.02. The van der Waals surface area contributed by atoms with Crippen LogP contribution in [0.5, 0.6) is 0 Å². The third-order valence-corrected chi connectivity index (χ3v) is 7.60. The lowest BCUT2D eigenvalue weighted by Crippen LogP contribution is -2.48. The Morgan fingerprint density at radius 2 is 1.97 bits per heavy atom. The number of aryl methyl sites for hydroxylation is 1. The van der Waals surface area contributed by atoms with Crippen molar-refractivity contribution >= 4 is 29.3 Å². The van der Waals surface area contributed by atoms with Gasteiger partial charge < -0.3 is 35.9 Å². The minimum Gasteiger partial charge on any atom is -0.393 e. The summed E-state index contributed by atoms with van der Waals surface area (Å²) >= 11 is 0. The number of fused-ring (bicyclic) bond motifs is 1. The van der Waals surface area contributed by atoms with Crippen LogP contribution in [0.25, 0.3) is 5.57 Å². The highest BCUT2D eigenvalue weighted by atomic mass is 19.3. The van der Waals surface area contributed by atoms with Gasteiger partial charge in [-0.2, -0.15) is 0 Å². The standard InChI is InChI=1S/C28H39F2N7O2/c1-33-16-19(15-31)21-13-18-5-3-9-37(25(18)14-22(21)26(29)30)27(32)23-17-36(28(38)34-2)10-7-24(23)35-20-6-4-11-39-12-8-20/h13-16,20,26,31-33,35H,3-12,17H2,1-2H3,(H,34,38)/b19-16+,31-15?,32-27?. The van der Waals surface area contributed by atoms with Gasteiger partial charge in [0.25, 0.3) is 6.43 Å². The van der Waals surface area contributed by atoms with Crippen molar-refractivity contribution in [1.82, 2.24) is 20.9 Å². The first-order valence-corrected chi connectivity index (χ1v) is 13.6. The van der Waals surface area contributed by atoms with Crippen molar-refractivity contribution < 1.29 is 18.3 Å². The second-order valence-corrected chi connectivity index (χ2v) is 10.1. The van der Waals surface area contributed by atoms with E-state index in [-0.39, 0.29) is 30.0 Å². The number of carbonyl (C=O) groups is 1. The molecule has 1 unspecified atom stereocenters. The molecule has 2 amide bonds. The van der Waals surface area contributed by atoms with Crippen molar-refractivity contribution in [2.75, 3.05) is 51.8 Å². The summed E-state index contributed by atoms with van der Waals surface area (Å²) in [5.74, 6) is 0.225. The molecule has 1 saturated heterocycles. The van der Waals surface area contributed by atoms with Crippen LogP contribution in [0.15, 0.2) is 29.6 Å². The Balaban J connectivity index is 1.73. The van der Waals surface area contributed by atoms with Crippen molar-refractivity contribution in [3.05, 3.63) is 46.3 Å². The van der Waals surface area contributed by atoms with E-state index in [0.29, 0.717) is 54.9 Å². The highest BCUT2D eigenvalue weighted by molar-refractivity contribution is 6.11. The van der Waals surface area contributed by atoms with Gasteiger partial charge in [0.05, 0.1) is 6.54 Å². The van der Waals surface area contributed by atoms with Gasteiger partial charge >= 0.3 is 6.03 Å². The van der Waals surface area contributed by atoms with Crippen molar-refractivity contribution in [3.63, 3.8) is 0 Å². The molecule has 0 radical (unpaired) electrons. The Bertz CT molecular complexity index is 1140. The number of allylic oxidation sites excluding steroid dienone is 1. The minimum absolute atomic E-state index is 0.167. The highest BCUT2D eigenvalue weighted by Gasteiger charge is 2.32. The van der Waals surface area contributed by atoms with Crippen LogP contribution in [0.4, 0.5) is 19.3 Å². The zero-order valence-electron chi connectivity index (χ0n) is 22.7. The number of alkyl halides is 2. The van der Waals surface area contributed by atoms with Crippen LogP contribution in [0.1, 0.15) is 55.2 Å². The number of nitrogens with one attached hydrogen (secondary N) is 5. The van der Waals surface area contributed by atoms with Gasteiger partial charge in [0.1, 0.15) is 5.84 Å². The first-order valence-electron chi connectivity index (χ1n) is 13.6. The molecule has 1 fully saturated rings. The Morgan fingerprint density at radius 3 is 2.69 bits per heavy atom. The molecule has 39 heavy (non-hydrogen) atoms. The zero-order valence-corrected chi connectivity index (χ0v) is 22.7. The molecule has 9 nitrogen and oxygen atoms in total. The monoisotopic (exact) mass is 543 g/mol. The Labute approximate surface area is 228 Å². The van der Waals surface area contributed by atoms with Gasteiger partial charge in [-0.25, -0.2) is 13.6 Å². The first kappa shape index (κ1) is 28.5. The number of rotatable bonds is 7. The van der Waals surface area contributed by atoms with Crippen molar-refractivity contribution in [2.24, 2.45) is 0 Å². The van der Waals surface area contributed by atoms with Gasteiger partial charge in [0, 0.05) is 93.4 Å². The van der Waals surface area contributed by atoms with Crippen LogP contribution >= 0.6 is 0 Å². The number of carbonyl (C=O) groups excluding carboxylic acids is 1. The SMILES string of the molecule is CN/C=C(\C=N)c1cc2c(cc1C(F)F)N(C(=N)C1=C(NC3CCCOCC3)CCN(C(=O)NC)C1)CCC2. The summed E-state index contributed by atoms with van der Waals surface area (Å²) in [5, 5.41) is 26.2. The average molecular weight is 544 g/mol. The maximum atomic E-state index is 14.3. The molecule has 1 aromatic carbocycles. The molecule has 0 spiro atoms.